The summed E-state index contributed by atoms with van der Waals surface area (Å²) in [4.78, 5) is 22.7. The lowest BCUT2D eigenvalue weighted by atomic mass is 10.0. The van der Waals surface area contributed by atoms with Crippen LogP contribution < -0.4 is 11.1 Å². The monoisotopic (exact) mass is 785 g/mol. The molecule has 0 spiro atoms. The highest BCUT2D eigenvalue weighted by atomic mass is 31.2. The van der Waals surface area contributed by atoms with E-state index in [0.29, 0.717) is 6.42 Å². The van der Waals surface area contributed by atoms with E-state index < -0.39 is 20.0 Å². The van der Waals surface area contributed by atoms with Gasteiger partial charge in [0.05, 0.1) is 25.4 Å². The fourth-order valence-corrected chi connectivity index (χ4v) is 7.56. The van der Waals surface area contributed by atoms with Crippen LogP contribution in [0.3, 0.4) is 0 Å². The molecule has 3 atom stereocenters. The molecule has 3 unspecified atom stereocenters. The number of carbonyl (C=O) groups is 1. The first kappa shape index (κ1) is 53.0. The summed E-state index contributed by atoms with van der Waals surface area (Å²) in [6, 6.07) is -0.872. The molecule has 0 aliphatic rings. The molecule has 0 heterocycles. The molecule has 0 aromatic rings. The normalized spacial score (nSPS) is 14.2. The number of hydrogen-bond acceptors (Lipinski definition) is 6. The zero-order valence-electron chi connectivity index (χ0n) is 35.5. The van der Waals surface area contributed by atoms with Crippen LogP contribution in [0.5, 0.6) is 0 Å². The summed E-state index contributed by atoms with van der Waals surface area (Å²) < 4.78 is 22.1. The minimum atomic E-state index is -4.34. The van der Waals surface area contributed by atoms with Gasteiger partial charge in [0.1, 0.15) is 0 Å². The van der Waals surface area contributed by atoms with E-state index in [1.54, 1.807) is 6.08 Å². The molecule has 8 nitrogen and oxygen atoms in total. The van der Waals surface area contributed by atoms with Crippen LogP contribution in [0.25, 0.3) is 0 Å². The Morgan fingerprint density at radius 3 is 1.43 bits per heavy atom. The van der Waals surface area contributed by atoms with Crippen LogP contribution in [-0.4, -0.2) is 47.8 Å². The third kappa shape index (κ3) is 39.2. The number of phosphoric acid groups is 1. The van der Waals surface area contributed by atoms with Crippen molar-refractivity contribution in [2.24, 2.45) is 5.73 Å². The first-order valence-electron chi connectivity index (χ1n) is 23.0. The molecule has 0 saturated heterocycles. The quantitative estimate of drug-likeness (QED) is 0.0275. The Balaban J connectivity index is 4.16. The molecule has 0 radical (unpaired) electrons. The summed E-state index contributed by atoms with van der Waals surface area (Å²) in [6.45, 7) is 4.13. The van der Waals surface area contributed by atoms with Crippen molar-refractivity contribution in [1.29, 1.82) is 0 Å². The molecule has 0 bridgehead atoms. The van der Waals surface area contributed by atoms with Gasteiger partial charge in [0.2, 0.25) is 5.91 Å². The van der Waals surface area contributed by atoms with E-state index in [9.17, 15) is 19.4 Å². The maximum Gasteiger partial charge on any atom is 0.472 e. The smallest absolute Gasteiger partial charge is 0.387 e. The molecule has 0 rings (SSSR count). The lowest BCUT2D eigenvalue weighted by molar-refractivity contribution is -0.123. The van der Waals surface area contributed by atoms with Crippen molar-refractivity contribution in [1.82, 2.24) is 5.32 Å². The van der Waals surface area contributed by atoms with Crippen molar-refractivity contribution in [2.45, 2.75) is 238 Å². The number of aliphatic hydroxyl groups excluding tert-OH is 1. The number of phosphoric ester groups is 1. The number of unbranched alkanes of at least 4 members (excludes halogenated alkanes) is 29. The number of nitrogens with one attached hydrogen (secondary N) is 1. The molecule has 0 aliphatic carbocycles. The summed E-state index contributed by atoms with van der Waals surface area (Å²) in [5, 5.41) is 13.7. The Labute approximate surface area is 334 Å². The number of allylic oxidation sites excluding steroid dienone is 3. The van der Waals surface area contributed by atoms with Crippen molar-refractivity contribution in [3.05, 3.63) is 24.3 Å². The van der Waals surface area contributed by atoms with Crippen molar-refractivity contribution in [2.75, 3.05) is 19.8 Å². The van der Waals surface area contributed by atoms with Crippen molar-refractivity contribution < 1.29 is 28.4 Å². The molecule has 0 aromatic heterocycles. The van der Waals surface area contributed by atoms with E-state index >= 15 is 0 Å². The van der Waals surface area contributed by atoms with Crippen LogP contribution in [0.1, 0.15) is 226 Å². The summed E-state index contributed by atoms with van der Waals surface area (Å²) in [7, 11) is -4.34. The molecule has 0 fully saturated rings. The maximum atomic E-state index is 12.8. The highest BCUT2D eigenvalue weighted by molar-refractivity contribution is 7.47. The van der Waals surface area contributed by atoms with Crippen LogP contribution in [-0.2, 0) is 18.4 Å². The van der Waals surface area contributed by atoms with Crippen LogP contribution in [0.2, 0.25) is 0 Å². The van der Waals surface area contributed by atoms with Gasteiger partial charge < -0.3 is 21.1 Å². The lowest BCUT2D eigenvalue weighted by Gasteiger charge is -2.23. The van der Waals surface area contributed by atoms with Gasteiger partial charge in [0.25, 0.3) is 0 Å². The van der Waals surface area contributed by atoms with Gasteiger partial charge in [-0.3, -0.25) is 13.8 Å². The molecular formula is C45H89N2O6P. The SMILES string of the molecule is CCCCCCCCCCC/C=C/CC/C=C/C(O)C(COP(=O)(O)OCCN)NC(=O)CCCCCCCCCCCCCCCCCCCCCC. The molecule has 9 heteroatoms. The standard InChI is InChI=1S/C45H89N2O6P/c1-3-5-7-9-11-13-15-17-19-20-21-22-23-25-27-29-31-33-35-37-39-45(49)47-43(42-53-54(50,51)52-41-40-46)44(48)38-36-34-32-30-28-26-24-18-16-14-12-10-8-6-4-2/h28,30,36,38,43-44,48H,3-27,29,31-35,37,39-42,46H2,1-2H3,(H,47,49)(H,50,51)/b30-28+,38-36+. The predicted molar refractivity (Wildman–Crippen MR) is 231 cm³/mol. The minimum absolute atomic E-state index is 0.0759. The Kier molecular flexibility index (Phi) is 40.8. The fourth-order valence-electron chi connectivity index (χ4n) is 6.80. The third-order valence-corrected chi connectivity index (χ3v) is 11.3. The summed E-state index contributed by atoms with van der Waals surface area (Å²) in [6.07, 6.45) is 48.0. The van der Waals surface area contributed by atoms with Crippen molar-refractivity contribution in [3.8, 4) is 0 Å². The Morgan fingerprint density at radius 1 is 0.593 bits per heavy atom. The van der Waals surface area contributed by atoms with Gasteiger partial charge in [-0.2, -0.15) is 0 Å². The molecular weight excluding hydrogens is 695 g/mol. The highest BCUT2D eigenvalue weighted by Gasteiger charge is 2.26. The summed E-state index contributed by atoms with van der Waals surface area (Å²) in [5.74, 6) is -0.200. The van der Waals surface area contributed by atoms with Crippen LogP contribution >= 0.6 is 7.82 Å². The molecule has 1 amide bonds. The van der Waals surface area contributed by atoms with Crippen molar-refractivity contribution in [3.63, 3.8) is 0 Å². The number of carbonyl (C=O) groups excluding carboxylic acids is 1. The zero-order valence-corrected chi connectivity index (χ0v) is 36.4. The van der Waals surface area contributed by atoms with Gasteiger partial charge in [-0.05, 0) is 32.1 Å². The largest absolute Gasteiger partial charge is 0.472 e. The fraction of sp³-hybridized carbons (Fsp3) is 0.889. The molecule has 5 N–H and O–H groups in total. The average molecular weight is 785 g/mol. The Bertz CT molecular complexity index is 901. The average Bonchev–Trinajstić information content (AvgIpc) is 3.16. The molecule has 54 heavy (non-hydrogen) atoms. The van der Waals surface area contributed by atoms with Gasteiger partial charge in [-0.1, -0.05) is 212 Å². The topological polar surface area (TPSA) is 131 Å². The summed E-state index contributed by atoms with van der Waals surface area (Å²) >= 11 is 0. The Hall–Kier alpha value is -1.02. The number of rotatable bonds is 43. The zero-order chi connectivity index (χ0) is 39.6. The second-order valence-corrected chi connectivity index (χ2v) is 17.1. The maximum absolute atomic E-state index is 12.8. The first-order chi connectivity index (χ1) is 26.4. The molecule has 0 aromatic carbocycles. The van der Waals surface area contributed by atoms with Gasteiger partial charge in [0.15, 0.2) is 0 Å². The van der Waals surface area contributed by atoms with Gasteiger partial charge >= 0.3 is 7.82 Å². The van der Waals surface area contributed by atoms with E-state index in [0.717, 1.165) is 38.5 Å². The lowest BCUT2D eigenvalue weighted by Crippen LogP contribution is -2.45. The van der Waals surface area contributed by atoms with Crippen molar-refractivity contribution >= 4 is 13.7 Å². The minimum Gasteiger partial charge on any atom is -0.387 e. The third-order valence-electron chi connectivity index (χ3n) is 10.3. The van der Waals surface area contributed by atoms with E-state index in [2.05, 4.69) is 31.3 Å². The van der Waals surface area contributed by atoms with Crippen LogP contribution in [0.4, 0.5) is 0 Å². The van der Waals surface area contributed by atoms with Crippen LogP contribution in [0.15, 0.2) is 24.3 Å². The second-order valence-electron chi connectivity index (χ2n) is 15.6. The van der Waals surface area contributed by atoms with E-state index in [4.69, 9.17) is 14.8 Å². The number of nitrogens with two attached hydrogens (primary N) is 1. The van der Waals surface area contributed by atoms with E-state index in [-0.39, 0.29) is 25.7 Å². The number of hydrogen-bond donors (Lipinski definition) is 4. The summed E-state index contributed by atoms with van der Waals surface area (Å²) in [5.41, 5.74) is 5.37. The van der Waals surface area contributed by atoms with Crippen LogP contribution in [0, 0.1) is 0 Å². The Morgan fingerprint density at radius 2 is 0.981 bits per heavy atom. The van der Waals surface area contributed by atoms with Gasteiger partial charge in [0, 0.05) is 13.0 Å². The molecule has 0 saturated carbocycles. The van der Waals surface area contributed by atoms with Gasteiger partial charge in [-0.15, -0.1) is 0 Å². The van der Waals surface area contributed by atoms with Gasteiger partial charge in [-0.25, -0.2) is 4.57 Å². The molecule has 0 aliphatic heterocycles. The van der Waals surface area contributed by atoms with E-state index in [1.165, 1.54) is 167 Å². The number of amides is 1. The number of aliphatic hydroxyl groups is 1. The highest BCUT2D eigenvalue weighted by Crippen LogP contribution is 2.43. The van der Waals surface area contributed by atoms with E-state index in [1.807, 2.05) is 6.08 Å². The predicted octanol–water partition coefficient (Wildman–Crippen LogP) is 12.9. The first-order valence-corrected chi connectivity index (χ1v) is 24.5. The second kappa shape index (κ2) is 41.6. The molecule has 320 valence electrons.